The van der Waals surface area contributed by atoms with Crippen molar-refractivity contribution >= 4 is 0 Å². The number of nitrogens with one attached hydrogen (secondary N) is 1. The van der Waals surface area contributed by atoms with Crippen LogP contribution >= 0.6 is 0 Å². The molecule has 0 aliphatic carbocycles. The fraction of sp³-hybridized carbons (Fsp3) is 1.00. The van der Waals surface area contributed by atoms with E-state index in [0.29, 0.717) is 11.6 Å². The second-order valence-corrected chi connectivity index (χ2v) is 5.16. The lowest BCUT2D eigenvalue weighted by atomic mass is 9.91. The van der Waals surface area contributed by atoms with E-state index in [1.165, 1.54) is 32.4 Å². The smallest absolute Gasteiger partial charge is 0.0647 e. The fourth-order valence-corrected chi connectivity index (χ4v) is 2.76. The van der Waals surface area contributed by atoms with Gasteiger partial charge in [-0.15, -0.1) is 0 Å². The van der Waals surface area contributed by atoms with Gasteiger partial charge in [-0.1, -0.05) is 6.92 Å². The van der Waals surface area contributed by atoms with E-state index in [0.717, 1.165) is 19.8 Å². The Labute approximate surface area is 93.2 Å². The third-order valence-electron chi connectivity index (χ3n) is 3.93. The molecule has 1 N–H and O–H groups in total. The SMILES string of the molecule is CCC1CN(C2(C)CCCOC2)CCN1. The van der Waals surface area contributed by atoms with Crippen LogP contribution in [0.4, 0.5) is 0 Å². The Bertz CT molecular complexity index is 202. The van der Waals surface area contributed by atoms with E-state index in [1.54, 1.807) is 0 Å². The zero-order valence-electron chi connectivity index (χ0n) is 10.1. The summed E-state index contributed by atoms with van der Waals surface area (Å²) in [6, 6.07) is 0.678. The Kier molecular flexibility index (Phi) is 3.65. The van der Waals surface area contributed by atoms with Crippen molar-refractivity contribution in [3.63, 3.8) is 0 Å². The first-order chi connectivity index (χ1) is 7.24. The van der Waals surface area contributed by atoms with Crippen molar-refractivity contribution in [3.8, 4) is 0 Å². The van der Waals surface area contributed by atoms with Gasteiger partial charge in [-0.3, -0.25) is 4.90 Å². The maximum atomic E-state index is 5.65. The predicted octanol–water partition coefficient (Wildman–Crippen LogP) is 1.24. The molecule has 2 atom stereocenters. The maximum absolute atomic E-state index is 5.65. The minimum atomic E-state index is 0.299. The van der Waals surface area contributed by atoms with E-state index in [-0.39, 0.29) is 0 Å². The van der Waals surface area contributed by atoms with Crippen LogP contribution in [-0.4, -0.2) is 49.3 Å². The Hall–Kier alpha value is -0.120. The molecule has 0 aromatic rings. The molecule has 0 radical (unpaired) electrons. The van der Waals surface area contributed by atoms with Gasteiger partial charge in [0.15, 0.2) is 0 Å². The molecule has 0 aromatic heterocycles. The molecule has 2 heterocycles. The van der Waals surface area contributed by atoms with Crippen LogP contribution in [0.25, 0.3) is 0 Å². The van der Waals surface area contributed by atoms with Gasteiger partial charge in [-0.2, -0.15) is 0 Å². The van der Waals surface area contributed by atoms with Gasteiger partial charge in [0.05, 0.1) is 6.61 Å². The van der Waals surface area contributed by atoms with Crippen LogP contribution in [0.1, 0.15) is 33.1 Å². The quantitative estimate of drug-likeness (QED) is 0.745. The zero-order valence-corrected chi connectivity index (χ0v) is 10.1. The van der Waals surface area contributed by atoms with Crippen molar-refractivity contribution in [2.24, 2.45) is 0 Å². The van der Waals surface area contributed by atoms with Gasteiger partial charge in [-0.05, 0) is 26.2 Å². The summed E-state index contributed by atoms with van der Waals surface area (Å²) in [5.41, 5.74) is 0.299. The maximum Gasteiger partial charge on any atom is 0.0647 e. The predicted molar refractivity (Wildman–Crippen MR) is 62.1 cm³/mol. The summed E-state index contributed by atoms with van der Waals surface area (Å²) in [7, 11) is 0. The van der Waals surface area contributed by atoms with Gasteiger partial charge in [0.25, 0.3) is 0 Å². The number of nitrogens with zero attached hydrogens (tertiary/aromatic N) is 1. The summed E-state index contributed by atoms with van der Waals surface area (Å²) in [5, 5.41) is 3.57. The summed E-state index contributed by atoms with van der Waals surface area (Å²) in [4.78, 5) is 2.64. The molecule has 2 rings (SSSR count). The number of hydrogen-bond donors (Lipinski definition) is 1. The van der Waals surface area contributed by atoms with Crippen LogP contribution in [0.15, 0.2) is 0 Å². The lowest BCUT2D eigenvalue weighted by Gasteiger charge is -2.47. The molecule has 15 heavy (non-hydrogen) atoms. The van der Waals surface area contributed by atoms with E-state index in [1.807, 2.05) is 0 Å². The van der Waals surface area contributed by atoms with Crippen LogP contribution in [0.5, 0.6) is 0 Å². The summed E-state index contributed by atoms with van der Waals surface area (Å²) < 4.78 is 5.65. The monoisotopic (exact) mass is 212 g/mol. The Balaban J connectivity index is 1.95. The Morgan fingerprint density at radius 2 is 2.40 bits per heavy atom. The number of hydrogen-bond acceptors (Lipinski definition) is 3. The largest absolute Gasteiger partial charge is 0.380 e. The number of ether oxygens (including phenoxy) is 1. The van der Waals surface area contributed by atoms with Crippen molar-refractivity contribution in [1.82, 2.24) is 10.2 Å². The highest BCUT2D eigenvalue weighted by Gasteiger charge is 2.36. The van der Waals surface area contributed by atoms with Gasteiger partial charge in [0.1, 0.15) is 0 Å². The average molecular weight is 212 g/mol. The zero-order chi connectivity index (χ0) is 10.7. The molecule has 3 heteroatoms. The van der Waals surface area contributed by atoms with Crippen LogP contribution < -0.4 is 5.32 Å². The molecule has 0 saturated carbocycles. The summed E-state index contributed by atoms with van der Waals surface area (Å²) in [6.45, 7) is 10.0. The highest BCUT2D eigenvalue weighted by atomic mass is 16.5. The third-order valence-corrected chi connectivity index (χ3v) is 3.93. The first-order valence-electron chi connectivity index (χ1n) is 6.31. The number of rotatable bonds is 2. The van der Waals surface area contributed by atoms with Crippen LogP contribution in [0.2, 0.25) is 0 Å². The van der Waals surface area contributed by atoms with Crippen molar-refractivity contribution in [1.29, 1.82) is 0 Å². The van der Waals surface area contributed by atoms with Crippen molar-refractivity contribution < 1.29 is 4.74 Å². The molecule has 0 spiro atoms. The Morgan fingerprint density at radius 1 is 1.53 bits per heavy atom. The third kappa shape index (κ3) is 2.52. The van der Waals surface area contributed by atoms with Crippen molar-refractivity contribution in [2.75, 3.05) is 32.8 Å². The normalized spacial score (nSPS) is 39.2. The molecule has 0 bridgehead atoms. The number of piperazine rings is 1. The van der Waals surface area contributed by atoms with E-state index in [4.69, 9.17) is 4.74 Å². The minimum Gasteiger partial charge on any atom is -0.380 e. The molecule has 0 aromatic carbocycles. The van der Waals surface area contributed by atoms with Crippen LogP contribution in [-0.2, 0) is 4.74 Å². The molecule has 2 fully saturated rings. The topological polar surface area (TPSA) is 24.5 Å². The lowest BCUT2D eigenvalue weighted by molar-refractivity contribution is -0.0498. The van der Waals surface area contributed by atoms with Crippen molar-refractivity contribution in [2.45, 2.75) is 44.7 Å². The summed E-state index contributed by atoms with van der Waals surface area (Å²) in [6.07, 6.45) is 3.74. The molecule has 2 aliphatic heterocycles. The first kappa shape index (κ1) is 11.4. The van der Waals surface area contributed by atoms with Crippen LogP contribution in [0, 0.1) is 0 Å². The Morgan fingerprint density at radius 3 is 3.07 bits per heavy atom. The molecular formula is C12H24N2O. The average Bonchev–Trinajstić information content (AvgIpc) is 2.30. The van der Waals surface area contributed by atoms with E-state index >= 15 is 0 Å². The summed E-state index contributed by atoms with van der Waals surface area (Å²) in [5.74, 6) is 0. The van der Waals surface area contributed by atoms with Gasteiger partial charge >= 0.3 is 0 Å². The second kappa shape index (κ2) is 4.81. The molecule has 3 nitrogen and oxygen atoms in total. The first-order valence-corrected chi connectivity index (χ1v) is 6.31. The fourth-order valence-electron chi connectivity index (χ4n) is 2.76. The van der Waals surface area contributed by atoms with Crippen molar-refractivity contribution in [3.05, 3.63) is 0 Å². The van der Waals surface area contributed by atoms with E-state index in [2.05, 4.69) is 24.1 Å². The molecule has 88 valence electrons. The molecular weight excluding hydrogens is 188 g/mol. The molecule has 2 saturated heterocycles. The highest BCUT2D eigenvalue weighted by Crippen LogP contribution is 2.26. The summed E-state index contributed by atoms with van der Waals surface area (Å²) >= 11 is 0. The molecule has 0 amide bonds. The van der Waals surface area contributed by atoms with E-state index in [9.17, 15) is 0 Å². The standard InChI is InChI=1S/C12H24N2O/c1-3-11-9-14(7-6-13-11)12(2)5-4-8-15-10-12/h11,13H,3-10H2,1-2H3. The molecule has 2 unspecified atom stereocenters. The van der Waals surface area contributed by atoms with Gasteiger partial charge in [0.2, 0.25) is 0 Å². The lowest BCUT2D eigenvalue weighted by Crippen LogP contribution is -2.61. The van der Waals surface area contributed by atoms with E-state index < -0.39 is 0 Å². The highest BCUT2D eigenvalue weighted by molar-refractivity contribution is 4.92. The van der Waals surface area contributed by atoms with Crippen LogP contribution in [0.3, 0.4) is 0 Å². The minimum absolute atomic E-state index is 0.299. The van der Waals surface area contributed by atoms with Gasteiger partial charge in [0, 0.05) is 37.8 Å². The molecule has 2 aliphatic rings. The van der Waals surface area contributed by atoms with Gasteiger partial charge < -0.3 is 10.1 Å². The second-order valence-electron chi connectivity index (χ2n) is 5.16. The van der Waals surface area contributed by atoms with Gasteiger partial charge in [-0.25, -0.2) is 0 Å².